The molecule has 0 saturated heterocycles. The third-order valence-electron chi connectivity index (χ3n) is 4.01. The molecule has 1 aromatic heterocycles. The fourth-order valence-corrected chi connectivity index (χ4v) is 2.86. The lowest BCUT2D eigenvalue weighted by Gasteiger charge is -2.20. The number of amides is 2. The number of rotatable bonds is 5. The topological polar surface area (TPSA) is 98.1 Å². The standard InChI is InChI=1S/C17H21N5O3/c1-10(2)6-14(15-18-9-19-22(15)3)21-17(24)20-12-4-5-13-11(7-12)8-25-16(13)23/h4-5,7,9-10,14H,6,8H2,1-3H3,(H2,20,21,24). The zero-order chi connectivity index (χ0) is 18.0. The zero-order valence-electron chi connectivity index (χ0n) is 14.4. The van der Waals surface area contributed by atoms with Crippen LogP contribution >= 0.6 is 0 Å². The van der Waals surface area contributed by atoms with E-state index in [1.807, 2.05) is 0 Å². The maximum Gasteiger partial charge on any atom is 0.338 e. The molecule has 0 fully saturated rings. The Labute approximate surface area is 145 Å². The van der Waals surface area contributed by atoms with Crippen molar-refractivity contribution in [2.24, 2.45) is 13.0 Å². The van der Waals surface area contributed by atoms with E-state index in [-0.39, 0.29) is 24.6 Å². The maximum absolute atomic E-state index is 12.4. The van der Waals surface area contributed by atoms with E-state index in [2.05, 4.69) is 34.6 Å². The van der Waals surface area contributed by atoms with Gasteiger partial charge in [-0.2, -0.15) is 5.10 Å². The van der Waals surface area contributed by atoms with Gasteiger partial charge in [-0.15, -0.1) is 0 Å². The van der Waals surface area contributed by atoms with Crippen molar-refractivity contribution in [3.05, 3.63) is 41.5 Å². The third kappa shape index (κ3) is 3.78. The van der Waals surface area contributed by atoms with Crippen LogP contribution in [0.25, 0.3) is 0 Å². The van der Waals surface area contributed by atoms with Crippen LogP contribution in [0, 0.1) is 5.92 Å². The van der Waals surface area contributed by atoms with Crippen LogP contribution in [-0.2, 0) is 18.4 Å². The first-order valence-corrected chi connectivity index (χ1v) is 8.15. The summed E-state index contributed by atoms with van der Waals surface area (Å²) in [5, 5.41) is 9.81. The van der Waals surface area contributed by atoms with E-state index in [1.165, 1.54) is 6.33 Å². The fourth-order valence-electron chi connectivity index (χ4n) is 2.86. The predicted molar refractivity (Wildman–Crippen MR) is 90.9 cm³/mol. The molecule has 1 aliphatic rings. The number of hydrogen-bond acceptors (Lipinski definition) is 5. The van der Waals surface area contributed by atoms with E-state index in [0.717, 1.165) is 12.0 Å². The summed E-state index contributed by atoms with van der Waals surface area (Å²) in [7, 11) is 1.80. The minimum absolute atomic E-state index is 0.236. The van der Waals surface area contributed by atoms with Crippen molar-refractivity contribution in [3.63, 3.8) is 0 Å². The van der Waals surface area contributed by atoms with Crippen LogP contribution in [-0.4, -0.2) is 26.8 Å². The van der Waals surface area contributed by atoms with Gasteiger partial charge in [0.05, 0.1) is 11.6 Å². The number of aromatic nitrogens is 3. The van der Waals surface area contributed by atoms with Gasteiger partial charge in [0.2, 0.25) is 0 Å². The minimum Gasteiger partial charge on any atom is -0.457 e. The summed E-state index contributed by atoms with van der Waals surface area (Å²) in [6, 6.07) is 4.52. The molecule has 2 heterocycles. The first-order chi connectivity index (χ1) is 11.9. The Morgan fingerprint density at radius 2 is 2.20 bits per heavy atom. The molecule has 1 aromatic carbocycles. The van der Waals surface area contributed by atoms with Crippen LogP contribution in [0.5, 0.6) is 0 Å². The zero-order valence-corrected chi connectivity index (χ0v) is 14.4. The fraction of sp³-hybridized carbons (Fsp3) is 0.412. The van der Waals surface area contributed by atoms with Crippen molar-refractivity contribution in [1.82, 2.24) is 20.1 Å². The van der Waals surface area contributed by atoms with Gasteiger partial charge in [0.15, 0.2) is 0 Å². The molecule has 0 radical (unpaired) electrons. The summed E-state index contributed by atoms with van der Waals surface area (Å²) in [4.78, 5) is 28.1. The van der Waals surface area contributed by atoms with Crippen LogP contribution < -0.4 is 10.6 Å². The molecule has 2 amide bonds. The van der Waals surface area contributed by atoms with Crippen LogP contribution in [0.4, 0.5) is 10.5 Å². The number of carbonyl (C=O) groups excluding carboxylic acids is 2. The van der Waals surface area contributed by atoms with E-state index in [4.69, 9.17) is 4.74 Å². The largest absolute Gasteiger partial charge is 0.457 e. The second kappa shape index (κ2) is 6.92. The molecule has 0 saturated carbocycles. The Bertz CT molecular complexity index is 799. The Balaban J connectivity index is 1.70. The second-order valence-corrected chi connectivity index (χ2v) is 6.47. The van der Waals surface area contributed by atoms with Crippen molar-refractivity contribution in [3.8, 4) is 0 Å². The summed E-state index contributed by atoms with van der Waals surface area (Å²) < 4.78 is 6.63. The van der Waals surface area contributed by atoms with Gasteiger partial charge in [0, 0.05) is 18.3 Å². The number of nitrogens with one attached hydrogen (secondary N) is 2. The number of anilines is 1. The van der Waals surface area contributed by atoms with Crippen LogP contribution in [0.2, 0.25) is 0 Å². The third-order valence-corrected chi connectivity index (χ3v) is 4.01. The van der Waals surface area contributed by atoms with Crippen molar-refractivity contribution in [2.45, 2.75) is 32.9 Å². The highest BCUT2D eigenvalue weighted by molar-refractivity contribution is 5.95. The average Bonchev–Trinajstić information content (AvgIpc) is 3.12. The van der Waals surface area contributed by atoms with E-state index < -0.39 is 0 Å². The summed E-state index contributed by atoms with van der Waals surface area (Å²) >= 11 is 0. The summed E-state index contributed by atoms with van der Waals surface area (Å²) in [6.07, 6.45) is 2.21. The lowest BCUT2D eigenvalue weighted by Crippen LogP contribution is -2.34. The molecule has 0 spiro atoms. The van der Waals surface area contributed by atoms with Crippen LogP contribution in [0.1, 0.15) is 48.1 Å². The molecule has 1 atom stereocenters. The normalized spacial score (nSPS) is 14.2. The number of carbonyl (C=O) groups is 2. The Morgan fingerprint density at radius 3 is 2.88 bits per heavy atom. The summed E-state index contributed by atoms with van der Waals surface area (Å²) in [6.45, 7) is 4.40. The van der Waals surface area contributed by atoms with Crippen molar-refractivity contribution in [2.75, 3.05) is 5.32 Å². The molecule has 2 N–H and O–H groups in total. The Kier molecular flexibility index (Phi) is 4.69. The number of esters is 1. The van der Waals surface area contributed by atoms with Gasteiger partial charge < -0.3 is 15.4 Å². The number of urea groups is 1. The molecule has 2 aromatic rings. The van der Waals surface area contributed by atoms with Gasteiger partial charge in [0.1, 0.15) is 18.8 Å². The Morgan fingerprint density at radius 1 is 1.40 bits per heavy atom. The van der Waals surface area contributed by atoms with E-state index in [9.17, 15) is 9.59 Å². The van der Waals surface area contributed by atoms with Gasteiger partial charge in [-0.1, -0.05) is 13.8 Å². The highest BCUT2D eigenvalue weighted by Crippen LogP contribution is 2.24. The van der Waals surface area contributed by atoms with Gasteiger partial charge in [0.25, 0.3) is 0 Å². The molecule has 8 heteroatoms. The quantitative estimate of drug-likeness (QED) is 0.812. The molecule has 132 valence electrons. The highest BCUT2D eigenvalue weighted by atomic mass is 16.5. The summed E-state index contributed by atoms with van der Waals surface area (Å²) in [5.74, 6) is 0.757. The van der Waals surface area contributed by atoms with E-state index in [1.54, 1.807) is 29.9 Å². The highest BCUT2D eigenvalue weighted by Gasteiger charge is 2.23. The number of hydrogen-bond donors (Lipinski definition) is 2. The molecular formula is C17H21N5O3. The van der Waals surface area contributed by atoms with Gasteiger partial charge in [-0.25, -0.2) is 14.6 Å². The Hall–Kier alpha value is -2.90. The molecule has 0 bridgehead atoms. The van der Waals surface area contributed by atoms with Crippen molar-refractivity contribution < 1.29 is 14.3 Å². The predicted octanol–water partition coefficient (Wildman–Crippen LogP) is 2.39. The lowest BCUT2D eigenvalue weighted by molar-refractivity contribution is 0.0535. The number of benzene rings is 1. The number of fused-ring (bicyclic) bond motifs is 1. The maximum atomic E-state index is 12.4. The number of ether oxygens (including phenoxy) is 1. The van der Waals surface area contributed by atoms with Crippen molar-refractivity contribution >= 4 is 17.7 Å². The smallest absolute Gasteiger partial charge is 0.338 e. The van der Waals surface area contributed by atoms with Crippen molar-refractivity contribution in [1.29, 1.82) is 0 Å². The number of cyclic esters (lactones) is 1. The first-order valence-electron chi connectivity index (χ1n) is 8.15. The van der Waals surface area contributed by atoms with E-state index >= 15 is 0 Å². The second-order valence-electron chi connectivity index (χ2n) is 6.47. The lowest BCUT2D eigenvalue weighted by atomic mass is 10.0. The molecule has 0 aliphatic carbocycles. The van der Waals surface area contributed by atoms with Gasteiger partial charge in [-0.3, -0.25) is 4.68 Å². The molecule has 3 rings (SSSR count). The van der Waals surface area contributed by atoms with E-state index in [0.29, 0.717) is 23.0 Å². The van der Waals surface area contributed by atoms with Crippen LogP contribution in [0.3, 0.4) is 0 Å². The molecule has 1 aliphatic heterocycles. The molecule has 1 unspecified atom stereocenters. The molecular weight excluding hydrogens is 322 g/mol. The molecule has 25 heavy (non-hydrogen) atoms. The minimum atomic E-state index is -0.334. The monoisotopic (exact) mass is 343 g/mol. The van der Waals surface area contributed by atoms with Crippen LogP contribution in [0.15, 0.2) is 24.5 Å². The average molecular weight is 343 g/mol. The first kappa shape index (κ1) is 16.9. The molecule has 8 nitrogen and oxygen atoms in total. The van der Waals surface area contributed by atoms with Gasteiger partial charge >= 0.3 is 12.0 Å². The number of nitrogens with zero attached hydrogens (tertiary/aromatic N) is 3. The number of aryl methyl sites for hydroxylation is 1. The SMILES string of the molecule is CC(C)CC(NC(=O)Nc1ccc2c(c1)COC2=O)c1ncnn1C. The van der Waals surface area contributed by atoms with Gasteiger partial charge in [-0.05, 0) is 30.5 Å². The summed E-state index contributed by atoms with van der Waals surface area (Å²) in [5.41, 5.74) is 1.92.